The number of hydrogen-bond donors (Lipinski definition) is 11. The largest absolute Gasteiger partial charge is 0.394 e. The lowest BCUT2D eigenvalue weighted by molar-refractivity contribution is -0.346. The van der Waals surface area contributed by atoms with E-state index in [1.165, 1.54) is 6.92 Å². The number of aliphatic hydroxyl groups is 9. The van der Waals surface area contributed by atoms with E-state index in [9.17, 15) is 55.5 Å². The summed E-state index contributed by atoms with van der Waals surface area (Å²) >= 11 is 0. The molecule has 0 aromatic carbocycles. The minimum Gasteiger partial charge on any atom is -0.394 e. The number of nitrogens with one attached hydrogen (secondary N) is 2. The predicted molar refractivity (Wildman–Crippen MR) is 130 cm³/mol. The molecule has 0 spiro atoms. The van der Waals surface area contributed by atoms with Crippen molar-refractivity contribution in [2.45, 2.75) is 113 Å². The average molecular weight is 587 g/mol. The highest BCUT2D eigenvalue weighted by Crippen LogP contribution is 2.29. The molecule has 17 nitrogen and oxygen atoms in total. The Kier molecular flexibility index (Phi) is 13.5. The number of amides is 2. The summed E-state index contributed by atoms with van der Waals surface area (Å²) in [5, 5.41) is 96.5. The van der Waals surface area contributed by atoms with E-state index in [1.807, 2.05) is 0 Å². The zero-order valence-electron chi connectivity index (χ0n) is 22.4. The van der Waals surface area contributed by atoms with E-state index in [4.69, 9.17) is 18.9 Å². The van der Waals surface area contributed by atoms with Gasteiger partial charge < -0.3 is 75.5 Å². The van der Waals surface area contributed by atoms with Gasteiger partial charge in [-0.3, -0.25) is 9.59 Å². The molecule has 2 saturated heterocycles. The normalized spacial score (nSPS) is 37.7. The van der Waals surface area contributed by atoms with Crippen molar-refractivity contribution in [1.29, 1.82) is 0 Å². The first kappa shape index (κ1) is 34.6. The molecule has 2 heterocycles. The fourth-order valence-electron chi connectivity index (χ4n) is 4.33. The minimum absolute atomic E-state index is 0.146. The van der Waals surface area contributed by atoms with Gasteiger partial charge in [0, 0.05) is 13.5 Å². The lowest BCUT2D eigenvalue weighted by Crippen LogP contribution is -2.66. The molecule has 2 aliphatic heterocycles. The van der Waals surface area contributed by atoms with Crippen molar-refractivity contribution >= 4 is 11.8 Å². The van der Waals surface area contributed by atoms with Crippen LogP contribution in [0.4, 0.5) is 0 Å². The van der Waals surface area contributed by atoms with Gasteiger partial charge in [0.1, 0.15) is 67.1 Å². The van der Waals surface area contributed by atoms with Gasteiger partial charge in [-0.2, -0.15) is 0 Å². The van der Waals surface area contributed by atoms with Crippen LogP contribution in [0.3, 0.4) is 0 Å². The number of aliphatic hydroxyl groups excluding tert-OH is 9. The van der Waals surface area contributed by atoms with Crippen LogP contribution in [0.15, 0.2) is 0 Å². The number of rotatable bonds is 13. The van der Waals surface area contributed by atoms with E-state index in [1.54, 1.807) is 6.92 Å². The van der Waals surface area contributed by atoms with Crippen LogP contribution < -0.4 is 10.6 Å². The molecule has 234 valence electrons. The lowest BCUT2D eigenvalue weighted by atomic mass is 9.96. The van der Waals surface area contributed by atoms with Gasteiger partial charge in [0.15, 0.2) is 12.6 Å². The molecule has 1 unspecified atom stereocenters. The number of hydrogen-bond acceptors (Lipinski definition) is 15. The topological polar surface area (TPSA) is 277 Å². The maximum Gasteiger partial charge on any atom is 0.245 e. The molecule has 40 heavy (non-hydrogen) atoms. The first-order chi connectivity index (χ1) is 18.8. The van der Waals surface area contributed by atoms with Crippen molar-refractivity contribution in [3.8, 4) is 0 Å². The maximum atomic E-state index is 13.2. The summed E-state index contributed by atoms with van der Waals surface area (Å²) < 4.78 is 22.3. The molecular formula is C23H42N2O15. The Hall–Kier alpha value is -1.58. The molecule has 2 rings (SSSR count). The van der Waals surface area contributed by atoms with Gasteiger partial charge in [-0.1, -0.05) is 6.92 Å². The van der Waals surface area contributed by atoms with Crippen LogP contribution >= 0.6 is 0 Å². The quantitative estimate of drug-likeness (QED) is 0.0957. The molecule has 2 fully saturated rings. The summed E-state index contributed by atoms with van der Waals surface area (Å²) in [7, 11) is 0. The summed E-state index contributed by atoms with van der Waals surface area (Å²) in [4.78, 5) is 25.3. The Labute approximate surface area is 230 Å². The molecule has 11 N–H and O–H groups in total. The molecule has 17 heteroatoms. The fourth-order valence-corrected chi connectivity index (χ4v) is 4.33. The van der Waals surface area contributed by atoms with E-state index in [-0.39, 0.29) is 6.54 Å². The third kappa shape index (κ3) is 8.25. The Morgan fingerprint density at radius 3 is 1.93 bits per heavy atom. The van der Waals surface area contributed by atoms with Crippen molar-refractivity contribution in [3.63, 3.8) is 0 Å². The highest BCUT2D eigenvalue weighted by atomic mass is 16.7. The second-order valence-electron chi connectivity index (χ2n) is 9.80. The molecule has 0 saturated carbocycles. The maximum absolute atomic E-state index is 13.2. The van der Waals surface area contributed by atoms with Crippen molar-refractivity contribution in [3.05, 3.63) is 0 Å². The highest BCUT2D eigenvalue weighted by molar-refractivity contribution is 5.87. The van der Waals surface area contributed by atoms with Gasteiger partial charge in [0.2, 0.25) is 11.8 Å². The first-order valence-corrected chi connectivity index (χ1v) is 12.9. The average Bonchev–Trinajstić information content (AvgIpc) is 2.93. The van der Waals surface area contributed by atoms with E-state index in [0.717, 1.165) is 6.92 Å². The molecule has 2 amide bonds. The number of ether oxygens (including phenoxy) is 4. The zero-order chi connectivity index (χ0) is 30.3. The lowest BCUT2D eigenvalue weighted by Gasteiger charge is -2.45. The van der Waals surface area contributed by atoms with Crippen LogP contribution in [0.1, 0.15) is 27.2 Å². The molecule has 0 bridgehead atoms. The summed E-state index contributed by atoms with van der Waals surface area (Å²) in [6.45, 7) is 2.48. The smallest absolute Gasteiger partial charge is 0.245 e. The molecule has 0 aromatic heterocycles. The minimum atomic E-state index is -1.96. The third-order valence-electron chi connectivity index (χ3n) is 6.65. The van der Waals surface area contributed by atoms with Crippen LogP contribution in [0, 0.1) is 0 Å². The van der Waals surface area contributed by atoms with Crippen molar-refractivity contribution in [1.82, 2.24) is 10.6 Å². The molecule has 0 radical (unpaired) electrons. The summed E-state index contributed by atoms with van der Waals surface area (Å²) in [6.07, 6.45) is -22.2. The highest BCUT2D eigenvalue weighted by Gasteiger charge is 2.51. The second-order valence-corrected chi connectivity index (χ2v) is 9.80. The van der Waals surface area contributed by atoms with E-state index < -0.39 is 111 Å². The molecule has 0 aliphatic carbocycles. The Balaban J connectivity index is 2.54. The summed E-state index contributed by atoms with van der Waals surface area (Å²) in [6, 6.07) is -1.71. The van der Waals surface area contributed by atoms with E-state index in [2.05, 4.69) is 10.6 Å². The van der Waals surface area contributed by atoms with Gasteiger partial charge in [-0.25, -0.2) is 0 Å². The third-order valence-corrected chi connectivity index (χ3v) is 6.65. The molecule has 0 aromatic rings. The van der Waals surface area contributed by atoms with Gasteiger partial charge in [0.25, 0.3) is 0 Å². The van der Waals surface area contributed by atoms with Gasteiger partial charge in [-0.05, 0) is 13.3 Å². The van der Waals surface area contributed by atoms with E-state index in [0.29, 0.717) is 6.42 Å². The van der Waals surface area contributed by atoms with Gasteiger partial charge in [0.05, 0.1) is 19.3 Å². The zero-order valence-corrected chi connectivity index (χ0v) is 22.4. The second kappa shape index (κ2) is 15.6. The number of carbonyl (C=O) groups is 2. The van der Waals surface area contributed by atoms with Crippen LogP contribution in [-0.4, -0.2) is 163 Å². The summed E-state index contributed by atoms with van der Waals surface area (Å²) in [5.74, 6) is -1.60. The van der Waals surface area contributed by atoms with Crippen LogP contribution in [0.2, 0.25) is 0 Å². The van der Waals surface area contributed by atoms with Crippen LogP contribution in [-0.2, 0) is 28.5 Å². The van der Waals surface area contributed by atoms with Crippen molar-refractivity contribution in [2.24, 2.45) is 0 Å². The Bertz CT molecular complexity index is 806. The van der Waals surface area contributed by atoms with E-state index >= 15 is 0 Å². The fraction of sp³-hybridized carbons (Fsp3) is 0.913. The van der Waals surface area contributed by atoms with Crippen molar-refractivity contribution in [2.75, 3.05) is 19.8 Å². The molecule has 2 aliphatic rings. The molecular weight excluding hydrogens is 544 g/mol. The predicted octanol–water partition coefficient (Wildman–Crippen LogP) is -6.23. The Morgan fingerprint density at radius 1 is 0.850 bits per heavy atom. The van der Waals surface area contributed by atoms with Gasteiger partial charge >= 0.3 is 0 Å². The monoisotopic (exact) mass is 586 g/mol. The number of carbonyl (C=O) groups excluding carboxylic acids is 2. The van der Waals surface area contributed by atoms with Crippen molar-refractivity contribution < 1.29 is 74.5 Å². The summed E-state index contributed by atoms with van der Waals surface area (Å²) in [5.41, 5.74) is 0. The molecule has 14 atom stereocenters. The standard InChI is InChI=1S/C23H42N2O15/c1-4-5-24-21(36)12(25-9(3)28)20(40-22-17(34)15(32)13(30)8(2)37-22)19(10(29)6-26)39-23-18(35)16(33)14(31)11(7-27)38-23/h8,10-20,22-23,26-27,29-35H,4-7H2,1-3H3,(H,24,36)(H,25,28)/t8-,10+,11+,12+,13+,14-,15+,16-,17-,18?,19+,20+,22-,23-/m0/s1. The van der Waals surface area contributed by atoms with Crippen LogP contribution in [0.25, 0.3) is 0 Å². The SMILES string of the molecule is CCCNC(=O)[C@H](NC(C)=O)[C@@H](O[C@@H]1O[C@@H](C)[C@@H](O)[C@@H](O)[C@@H]1O)[C@H](O[C@@H]1O[C@H](CO)[C@H](O)[C@H](O)C1O)[C@H](O)CO. The van der Waals surface area contributed by atoms with Gasteiger partial charge in [-0.15, -0.1) is 0 Å². The first-order valence-electron chi connectivity index (χ1n) is 12.9. The Morgan fingerprint density at radius 2 is 1.40 bits per heavy atom. The van der Waals surface area contributed by atoms with Crippen LogP contribution in [0.5, 0.6) is 0 Å².